The Hall–Kier alpha value is -0.870. The Bertz CT molecular complexity index is 366. The molecule has 1 N–H and O–H groups in total. The second kappa shape index (κ2) is 5.28. The molecule has 0 aromatic heterocycles. The highest BCUT2D eigenvalue weighted by molar-refractivity contribution is 9.10. The summed E-state index contributed by atoms with van der Waals surface area (Å²) in [6.45, 7) is 1.82. The normalized spacial score (nSPS) is 12.3. The minimum absolute atomic E-state index is 0.0238. The monoisotopic (exact) mass is 271 g/mol. The van der Waals surface area contributed by atoms with E-state index in [0.717, 1.165) is 4.47 Å². The molecule has 4 heteroatoms. The number of halogens is 1. The van der Waals surface area contributed by atoms with Crippen molar-refractivity contribution in [1.82, 2.24) is 5.32 Å². The van der Waals surface area contributed by atoms with Gasteiger partial charge in [-0.15, -0.1) is 0 Å². The second-order valence-corrected chi connectivity index (χ2v) is 4.13. The first-order valence-electron chi connectivity index (χ1n) is 4.65. The molecule has 1 rings (SSSR count). The van der Waals surface area contributed by atoms with E-state index in [4.69, 9.17) is 4.74 Å². The van der Waals surface area contributed by atoms with Gasteiger partial charge in [-0.25, -0.2) is 0 Å². The van der Waals surface area contributed by atoms with Gasteiger partial charge in [0.05, 0.1) is 18.7 Å². The van der Waals surface area contributed by atoms with Crippen molar-refractivity contribution in [1.29, 1.82) is 0 Å². The van der Waals surface area contributed by atoms with Gasteiger partial charge in [-0.05, 0) is 32.2 Å². The number of likely N-dealkylation sites (N-methyl/N-ethyl adjacent to an activating group) is 1. The maximum atomic E-state index is 11.9. The van der Waals surface area contributed by atoms with E-state index >= 15 is 0 Å². The van der Waals surface area contributed by atoms with Crippen LogP contribution in [0.2, 0.25) is 0 Å². The number of rotatable bonds is 4. The number of benzene rings is 1. The lowest BCUT2D eigenvalue weighted by Crippen LogP contribution is -2.31. The lowest BCUT2D eigenvalue weighted by atomic mass is 10.0. The third-order valence-electron chi connectivity index (χ3n) is 2.25. The van der Waals surface area contributed by atoms with E-state index in [1.54, 1.807) is 26.3 Å². The topological polar surface area (TPSA) is 38.3 Å². The molecule has 0 amide bonds. The maximum Gasteiger partial charge on any atom is 0.183 e. The van der Waals surface area contributed by atoms with Crippen LogP contribution >= 0.6 is 15.9 Å². The molecule has 1 atom stereocenters. The molecular formula is C11H14BrNO2. The summed E-state index contributed by atoms with van der Waals surface area (Å²) in [5.41, 5.74) is 0.591. The highest BCUT2D eigenvalue weighted by Gasteiger charge is 2.17. The molecule has 3 nitrogen and oxygen atoms in total. The minimum Gasteiger partial charge on any atom is -0.496 e. The smallest absolute Gasteiger partial charge is 0.183 e. The van der Waals surface area contributed by atoms with Crippen molar-refractivity contribution in [2.75, 3.05) is 14.2 Å². The molecule has 0 aliphatic rings. The molecule has 0 fully saturated rings. The van der Waals surface area contributed by atoms with Crippen LogP contribution in [-0.2, 0) is 0 Å². The number of hydrogen-bond donors (Lipinski definition) is 1. The fourth-order valence-electron chi connectivity index (χ4n) is 1.24. The Morgan fingerprint density at radius 3 is 2.73 bits per heavy atom. The van der Waals surface area contributed by atoms with E-state index in [-0.39, 0.29) is 11.8 Å². The van der Waals surface area contributed by atoms with Crippen molar-refractivity contribution >= 4 is 21.7 Å². The zero-order valence-electron chi connectivity index (χ0n) is 9.00. The van der Waals surface area contributed by atoms with Crippen LogP contribution in [0.4, 0.5) is 0 Å². The lowest BCUT2D eigenvalue weighted by molar-refractivity contribution is 0.0952. The Kier molecular flexibility index (Phi) is 4.29. The van der Waals surface area contributed by atoms with Crippen LogP contribution in [0.5, 0.6) is 5.75 Å². The largest absolute Gasteiger partial charge is 0.496 e. The van der Waals surface area contributed by atoms with Crippen LogP contribution in [-0.4, -0.2) is 26.0 Å². The predicted molar refractivity (Wildman–Crippen MR) is 63.5 cm³/mol. The summed E-state index contributed by atoms with van der Waals surface area (Å²) in [6, 6.07) is 5.18. The molecule has 0 saturated heterocycles. The van der Waals surface area contributed by atoms with Crippen LogP contribution < -0.4 is 10.1 Å². The van der Waals surface area contributed by atoms with Gasteiger partial charge in [0.25, 0.3) is 0 Å². The van der Waals surface area contributed by atoms with Gasteiger partial charge in [0.15, 0.2) is 5.78 Å². The highest BCUT2D eigenvalue weighted by atomic mass is 79.9. The zero-order valence-corrected chi connectivity index (χ0v) is 10.6. The second-order valence-electron chi connectivity index (χ2n) is 3.22. The predicted octanol–water partition coefficient (Wildman–Crippen LogP) is 2.25. The fraction of sp³-hybridized carbons (Fsp3) is 0.364. The van der Waals surface area contributed by atoms with Gasteiger partial charge in [0.1, 0.15) is 5.75 Å². The van der Waals surface area contributed by atoms with Gasteiger partial charge in [-0.1, -0.05) is 15.9 Å². The van der Waals surface area contributed by atoms with Crippen molar-refractivity contribution in [3.05, 3.63) is 28.2 Å². The van der Waals surface area contributed by atoms with Crippen molar-refractivity contribution in [3.8, 4) is 5.75 Å². The summed E-state index contributed by atoms with van der Waals surface area (Å²) in [6.07, 6.45) is 0. The number of ether oxygens (including phenoxy) is 1. The number of nitrogens with one attached hydrogen (secondary N) is 1. The average Bonchev–Trinajstić information content (AvgIpc) is 2.27. The van der Waals surface area contributed by atoms with E-state index < -0.39 is 0 Å². The summed E-state index contributed by atoms with van der Waals surface area (Å²) in [7, 11) is 3.32. The molecule has 1 unspecified atom stereocenters. The van der Waals surface area contributed by atoms with Gasteiger partial charge in [0.2, 0.25) is 0 Å². The number of ketones is 1. The van der Waals surface area contributed by atoms with Gasteiger partial charge in [-0.2, -0.15) is 0 Å². The first kappa shape index (κ1) is 12.2. The molecule has 1 aromatic carbocycles. The summed E-state index contributed by atoms with van der Waals surface area (Å²) in [5, 5.41) is 2.91. The van der Waals surface area contributed by atoms with Crippen LogP contribution in [0.15, 0.2) is 22.7 Å². The number of methoxy groups -OCH3 is 1. The zero-order chi connectivity index (χ0) is 11.4. The van der Waals surface area contributed by atoms with E-state index in [1.807, 2.05) is 13.0 Å². The Balaban J connectivity index is 3.11. The first-order chi connectivity index (χ1) is 7.10. The Morgan fingerprint density at radius 2 is 2.20 bits per heavy atom. The van der Waals surface area contributed by atoms with Crippen molar-refractivity contribution in [2.24, 2.45) is 0 Å². The number of carbonyl (C=O) groups excluding carboxylic acids is 1. The average molecular weight is 272 g/mol. The van der Waals surface area contributed by atoms with E-state index in [0.29, 0.717) is 11.3 Å². The van der Waals surface area contributed by atoms with Crippen molar-refractivity contribution in [2.45, 2.75) is 13.0 Å². The van der Waals surface area contributed by atoms with Crippen molar-refractivity contribution in [3.63, 3.8) is 0 Å². The van der Waals surface area contributed by atoms with E-state index in [2.05, 4.69) is 21.2 Å². The fourth-order valence-corrected chi connectivity index (χ4v) is 1.60. The molecule has 82 valence electrons. The van der Waals surface area contributed by atoms with Crippen LogP contribution in [0.25, 0.3) is 0 Å². The molecule has 0 heterocycles. The molecule has 15 heavy (non-hydrogen) atoms. The van der Waals surface area contributed by atoms with E-state index in [1.165, 1.54) is 0 Å². The summed E-state index contributed by atoms with van der Waals surface area (Å²) in [4.78, 5) is 11.9. The van der Waals surface area contributed by atoms with Crippen molar-refractivity contribution < 1.29 is 9.53 Å². The highest BCUT2D eigenvalue weighted by Crippen LogP contribution is 2.24. The lowest BCUT2D eigenvalue weighted by Gasteiger charge is -2.12. The molecule has 1 aromatic rings. The third kappa shape index (κ3) is 2.79. The van der Waals surface area contributed by atoms with Gasteiger partial charge in [-0.3, -0.25) is 4.79 Å². The van der Waals surface area contributed by atoms with E-state index in [9.17, 15) is 4.79 Å². The van der Waals surface area contributed by atoms with Gasteiger partial charge < -0.3 is 10.1 Å². The van der Waals surface area contributed by atoms with Crippen LogP contribution in [0.3, 0.4) is 0 Å². The molecule has 0 radical (unpaired) electrons. The molecule has 0 aliphatic heterocycles. The third-order valence-corrected chi connectivity index (χ3v) is 2.75. The first-order valence-corrected chi connectivity index (χ1v) is 5.44. The number of hydrogen-bond acceptors (Lipinski definition) is 3. The SMILES string of the molecule is CNC(C)C(=O)c1cc(Br)ccc1OC. The van der Waals surface area contributed by atoms with Crippen LogP contribution in [0.1, 0.15) is 17.3 Å². The van der Waals surface area contributed by atoms with Crippen LogP contribution in [0, 0.1) is 0 Å². The summed E-state index contributed by atoms with van der Waals surface area (Å²) in [5.74, 6) is 0.626. The molecule has 0 spiro atoms. The van der Waals surface area contributed by atoms with Gasteiger partial charge in [0, 0.05) is 4.47 Å². The molecular weight excluding hydrogens is 258 g/mol. The quantitative estimate of drug-likeness (QED) is 0.854. The Labute approximate surface area is 97.9 Å². The summed E-state index contributed by atoms with van der Waals surface area (Å²) < 4.78 is 6.02. The standard InChI is InChI=1S/C11H14BrNO2/c1-7(13-2)11(14)9-6-8(12)4-5-10(9)15-3/h4-7,13H,1-3H3. The number of Topliss-reactive ketones (excluding diaryl/α,β-unsaturated/α-hetero) is 1. The molecule has 0 bridgehead atoms. The Morgan fingerprint density at radius 1 is 1.53 bits per heavy atom. The van der Waals surface area contributed by atoms with Gasteiger partial charge >= 0.3 is 0 Å². The molecule has 0 aliphatic carbocycles. The minimum atomic E-state index is -0.215. The summed E-state index contributed by atoms with van der Waals surface area (Å²) >= 11 is 3.34. The number of carbonyl (C=O) groups is 1. The maximum absolute atomic E-state index is 11.9. The molecule has 0 saturated carbocycles.